The van der Waals surface area contributed by atoms with Crippen molar-refractivity contribution in [3.05, 3.63) is 0 Å². The van der Waals surface area contributed by atoms with E-state index >= 15 is 0 Å². The Balaban J connectivity index is 2.88. The van der Waals surface area contributed by atoms with Crippen LogP contribution in [0.4, 0.5) is 0 Å². The first-order valence-electron chi connectivity index (χ1n) is 11.6. The van der Waals surface area contributed by atoms with Crippen molar-refractivity contribution in [3.8, 4) is 0 Å². The summed E-state index contributed by atoms with van der Waals surface area (Å²) in [4.78, 5) is 38.5. The van der Waals surface area contributed by atoms with Crippen LogP contribution in [0.25, 0.3) is 0 Å². The van der Waals surface area contributed by atoms with Crippen LogP contribution >= 0.6 is 0 Å². The van der Waals surface area contributed by atoms with Crippen LogP contribution < -0.4 is 0 Å². The first-order valence-corrected chi connectivity index (χ1v) is 11.6. The van der Waals surface area contributed by atoms with E-state index in [4.69, 9.17) is 14.2 Å². The number of hydrogen-bond donors (Lipinski definition) is 0. The van der Waals surface area contributed by atoms with Gasteiger partial charge in [0.1, 0.15) is 0 Å². The van der Waals surface area contributed by atoms with Gasteiger partial charge in [0.25, 0.3) is 0 Å². The highest BCUT2D eigenvalue weighted by Crippen LogP contribution is 2.38. The van der Waals surface area contributed by atoms with E-state index in [1.54, 1.807) is 0 Å². The zero-order chi connectivity index (χ0) is 22.7. The second-order valence-corrected chi connectivity index (χ2v) is 9.72. The molecule has 0 aromatic rings. The summed E-state index contributed by atoms with van der Waals surface area (Å²) in [6, 6.07) is 0. The van der Waals surface area contributed by atoms with Gasteiger partial charge in [0.2, 0.25) is 0 Å². The maximum Gasteiger partial charge on any atom is 0.310 e. The topological polar surface area (TPSA) is 78.9 Å². The molecule has 1 rings (SSSR count). The summed E-state index contributed by atoms with van der Waals surface area (Å²) in [6.45, 7) is 13.3. The average molecular weight is 427 g/mol. The summed E-state index contributed by atoms with van der Waals surface area (Å²) in [6.07, 6.45) is 4.01. The SMILES string of the molecule is CC(C)CCOC(=O)C1CCCC(C(=O)OCCC(C)C)C1C(=O)OCCC(C)C. The average Bonchev–Trinajstić information content (AvgIpc) is 2.66. The van der Waals surface area contributed by atoms with Crippen LogP contribution in [0.15, 0.2) is 0 Å². The molecule has 0 aromatic heterocycles. The zero-order valence-corrected chi connectivity index (χ0v) is 19.8. The highest BCUT2D eigenvalue weighted by molar-refractivity contribution is 5.87. The summed E-state index contributed by atoms with van der Waals surface area (Å²) < 4.78 is 16.4. The lowest BCUT2D eigenvalue weighted by atomic mass is 9.72. The molecule has 6 heteroatoms. The summed E-state index contributed by atoms with van der Waals surface area (Å²) >= 11 is 0. The Hall–Kier alpha value is -1.59. The molecule has 0 amide bonds. The highest BCUT2D eigenvalue weighted by atomic mass is 16.5. The summed E-state index contributed by atoms with van der Waals surface area (Å²) in [7, 11) is 0. The van der Waals surface area contributed by atoms with E-state index in [2.05, 4.69) is 41.5 Å². The first kappa shape index (κ1) is 26.4. The minimum Gasteiger partial charge on any atom is -0.465 e. The van der Waals surface area contributed by atoms with Gasteiger partial charge in [0.05, 0.1) is 37.6 Å². The van der Waals surface area contributed by atoms with E-state index in [-0.39, 0.29) is 6.61 Å². The van der Waals surface area contributed by atoms with Gasteiger partial charge in [-0.1, -0.05) is 48.0 Å². The van der Waals surface area contributed by atoms with E-state index in [1.807, 2.05) is 0 Å². The molecule has 2 unspecified atom stereocenters. The largest absolute Gasteiger partial charge is 0.465 e. The minimum atomic E-state index is -0.830. The molecule has 0 heterocycles. The fraction of sp³-hybridized carbons (Fsp3) is 0.875. The zero-order valence-electron chi connectivity index (χ0n) is 19.8. The Kier molecular flexibility index (Phi) is 12.0. The fourth-order valence-corrected chi connectivity index (χ4v) is 3.55. The van der Waals surface area contributed by atoms with Crippen LogP contribution in [0.5, 0.6) is 0 Å². The van der Waals surface area contributed by atoms with E-state index in [1.165, 1.54) is 0 Å². The third-order valence-electron chi connectivity index (χ3n) is 5.59. The summed E-state index contributed by atoms with van der Waals surface area (Å²) in [5.41, 5.74) is 0. The summed E-state index contributed by atoms with van der Waals surface area (Å²) in [5, 5.41) is 0. The van der Waals surface area contributed by atoms with Gasteiger partial charge in [-0.3, -0.25) is 14.4 Å². The van der Waals surface area contributed by atoms with Crippen LogP contribution in [-0.4, -0.2) is 37.7 Å². The standard InChI is InChI=1S/C24H42O6/c1-16(2)10-13-28-22(25)19-8-7-9-20(23(26)29-14-11-17(3)4)21(19)24(27)30-15-12-18(5)6/h16-21H,7-15H2,1-6H3. The number of rotatable bonds is 12. The van der Waals surface area contributed by atoms with Crippen LogP contribution in [0, 0.1) is 35.5 Å². The lowest BCUT2D eigenvalue weighted by Gasteiger charge is -2.34. The molecule has 0 aromatic carbocycles. The van der Waals surface area contributed by atoms with Crippen molar-refractivity contribution in [2.75, 3.05) is 19.8 Å². The number of esters is 3. The van der Waals surface area contributed by atoms with Crippen molar-refractivity contribution in [1.29, 1.82) is 0 Å². The quantitative estimate of drug-likeness (QED) is 0.330. The van der Waals surface area contributed by atoms with Gasteiger partial charge in [0, 0.05) is 0 Å². The van der Waals surface area contributed by atoms with E-state index in [9.17, 15) is 14.4 Å². The minimum absolute atomic E-state index is 0.289. The Morgan fingerprint density at radius 2 is 0.967 bits per heavy atom. The molecule has 0 spiro atoms. The molecule has 1 aliphatic rings. The molecule has 0 radical (unpaired) electrons. The van der Waals surface area contributed by atoms with Crippen molar-refractivity contribution in [3.63, 3.8) is 0 Å². The van der Waals surface area contributed by atoms with Crippen molar-refractivity contribution in [1.82, 2.24) is 0 Å². The van der Waals surface area contributed by atoms with E-state index in [0.717, 1.165) is 19.3 Å². The lowest BCUT2D eigenvalue weighted by molar-refractivity contribution is -0.172. The monoisotopic (exact) mass is 426 g/mol. The molecule has 6 nitrogen and oxygen atoms in total. The summed E-state index contributed by atoms with van der Waals surface area (Å²) in [5.74, 6) is -2.18. The molecule has 0 bridgehead atoms. The number of carbonyl (C=O) groups excluding carboxylic acids is 3. The van der Waals surface area contributed by atoms with E-state index < -0.39 is 35.7 Å². The van der Waals surface area contributed by atoms with Crippen LogP contribution in [0.1, 0.15) is 80.1 Å². The van der Waals surface area contributed by atoms with Gasteiger partial charge in [-0.25, -0.2) is 0 Å². The molecule has 1 saturated carbocycles. The first-order chi connectivity index (χ1) is 14.1. The van der Waals surface area contributed by atoms with Gasteiger partial charge in [-0.2, -0.15) is 0 Å². The molecule has 0 N–H and O–H groups in total. The van der Waals surface area contributed by atoms with Gasteiger partial charge in [0.15, 0.2) is 0 Å². The number of carbonyl (C=O) groups is 3. The number of ether oxygens (including phenoxy) is 3. The van der Waals surface area contributed by atoms with Gasteiger partial charge in [-0.15, -0.1) is 0 Å². The molecule has 1 aliphatic carbocycles. The maximum atomic E-state index is 12.9. The molecular weight excluding hydrogens is 384 g/mol. The molecule has 0 saturated heterocycles. The fourth-order valence-electron chi connectivity index (χ4n) is 3.55. The number of hydrogen-bond acceptors (Lipinski definition) is 6. The van der Waals surface area contributed by atoms with E-state index in [0.29, 0.717) is 50.2 Å². The Labute approximate surface area is 182 Å². The molecular formula is C24H42O6. The molecule has 1 fully saturated rings. The Morgan fingerprint density at radius 1 is 0.633 bits per heavy atom. The predicted octanol–water partition coefficient (Wildman–Crippen LogP) is 4.79. The third kappa shape index (κ3) is 9.48. The molecule has 2 atom stereocenters. The van der Waals surface area contributed by atoms with Gasteiger partial charge < -0.3 is 14.2 Å². The molecule has 0 aliphatic heterocycles. The highest BCUT2D eigenvalue weighted by Gasteiger charge is 2.47. The second-order valence-electron chi connectivity index (χ2n) is 9.72. The van der Waals surface area contributed by atoms with Crippen molar-refractivity contribution < 1.29 is 28.6 Å². The Morgan fingerprint density at radius 3 is 1.30 bits per heavy atom. The van der Waals surface area contributed by atoms with Gasteiger partial charge >= 0.3 is 17.9 Å². The molecule has 174 valence electrons. The Bertz CT molecular complexity index is 506. The van der Waals surface area contributed by atoms with Crippen LogP contribution in [-0.2, 0) is 28.6 Å². The van der Waals surface area contributed by atoms with Crippen molar-refractivity contribution in [2.24, 2.45) is 35.5 Å². The lowest BCUT2D eigenvalue weighted by Crippen LogP contribution is -2.44. The predicted molar refractivity (Wildman–Crippen MR) is 116 cm³/mol. The van der Waals surface area contributed by atoms with Crippen LogP contribution in [0.2, 0.25) is 0 Å². The normalized spacial score (nSPS) is 21.7. The smallest absolute Gasteiger partial charge is 0.310 e. The van der Waals surface area contributed by atoms with Crippen molar-refractivity contribution in [2.45, 2.75) is 80.1 Å². The van der Waals surface area contributed by atoms with Crippen molar-refractivity contribution >= 4 is 17.9 Å². The third-order valence-corrected chi connectivity index (χ3v) is 5.59. The maximum absolute atomic E-state index is 12.9. The molecule has 30 heavy (non-hydrogen) atoms. The van der Waals surface area contributed by atoms with Crippen LogP contribution in [0.3, 0.4) is 0 Å². The van der Waals surface area contributed by atoms with Gasteiger partial charge in [-0.05, 0) is 49.9 Å². The second kappa shape index (κ2) is 13.7.